The van der Waals surface area contributed by atoms with Crippen LogP contribution < -0.4 is 37.9 Å². The summed E-state index contributed by atoms with van der Waals surface area (Å²) >= 11 is 0. The lowest BCUT2D eigenvalue weighted by molar-refractivity contribution is -0.117. The van der Waals surface area contributed by atoms with Gasteiger partial charge in [-0.1, -0.05) is 137 Å². The summed E-state index contributed by atoms with van der Waals surface area (Å²) in [4.78, 5) is 21.3. The van der Waals surface area contributed by atoms with Crippen molar-refractivity contribution in [1.82, 2.24) is 26.3 Å². The molecule has 4 aromatic rings. The van der Waals surface area contributed by atoms with E-state index in [9.17, 15) is 9.59 Å². The molecule has 60 heavy (non-hydrogen) atoms. The largest absolute Gasteiger partial charge is 0.355 e. The standard InChI is InChI=1S/C38H38N6O.C5H9NO.C4H8.2C2H6/c1-5-8-25(3)38(30-17-11-24(2)26(30)4)28-14-12-27(13-15-28)37-22-44(40,43-37)29-16-18-33-34(19-29)36(21-41-42-23-45)32-10-7-6-9-31(32)35(33)20-39;1-4(2)5(7)6-3;1-4(2)3;2*1-2/h5-19,22-23,26,41,43H,2-3,20-21,39-40H2,1,4H3;1H2,2-3H3,(H,6,7);1H2,2-3H3;2*1-2H3/p+1/b8-5-,38-30+;;;;. The molecule has 1 aliphatic carbocycles. The number of benzene rings is 4. The summed E-state index contributed by atoms with van der Waals surface area (Å²) in [7, 11) is 1.58. The number of nitrogens with one attached hydrogen (secondary N) is 4. The van der Waals surface area contributed by atoms with Gasteiger partial charge in [-0.25, -0.2) is 10.9 Å². The van der Waals surface area contributed by atoms with Gasteiger partial charge in [-0.15, -0.1) is 12.4 Å². The number of nitrogens with two attached hydrogens (primary N) is 2. The van der Waals surface area contributed by atoms with Gasteiger partial charge in [0.2, 0.25) is 12.3 Å². The van der Waals surface area contributed by atoms with Crippen molar-refractivity contribution in [3.63, 3.8) is 0 Å². The molecule has 0 fully saturated rings. The summed E-state index contributed by atoms with van der Waals surface area (Å²) in [6, 6.07) is 23.0. The second-order valence-corrected chi connectivity index (χ2v) is 14.1. The van der Waals surface area contributed by atoms with Crippen LogP contribution in [0.15, 0.2) is 151 Å². The average Bonchev–Trinajstić information content (AvgIpc) is 3.57. The van der Waals surface area contributed by atoms with E-state index in [4.69, 9.17) is 11.6 Å². The minimum Gasteiger partial charge on any atom is -0.355 e. The van der Waals surface area contributed by atoms with Crippen LogP contribution in [-0.4, -0.2) is 19.4 Å². The lowest BCUT2D eigenvalue weighted by Crippen LogP contribution is -2.66. The molecule has 0 bridgehead atoms. The molecule has 9 heteroatoms. The SMILES string of the molecule is C=C(/C=C\C)/C(=C1/C=CC(=C)C1C)c1ccc(C2=C[N+](N)(c3ccc4c(CN)c5ccccc5c(CNNC=O)c4c3)N2)cc1.C=C(C)C.C=C(C)C(=O)NC.CC.CC. The van der Waals surface area contributed by atoms with Crippen molar-refractivity contribution in [3.05, 3.63) is 174 Å². The lowest BCUT2D eigenvalue weighted by Gasteiger charge is -2.37. The number of likely N-dealkylation sites (N-methyl/N-ethyl adjacent to an activating group) is 1. The Morgan fingerprint density at radius 2 is 1.45 bits per heavy atom. The van der Waals surface area contributed by atoms with E-state index in [-0.39, 0.29) is 16.5 Å². The number of nitrogens with zero attached hydrogens (tertiary/aromatic N) is 1. The fourth-order valence-electron chi connectivity index (χ4n) is 6.68. The van der Waals surface area contributed by atoms with Crippen LogP contribution in [-0.2, 0) is 22.7 Å². The second-order valence-electron chi connectivity index (χ2n) is 14.1. The summed E-state index contributed by atoms with van der Waals surface area (Å²) in [5, 5.41) is 6.70. The summed E-state index contributed by atoms with van der Waals surface area (Å²) in [5.74, 6) is 7.01. The van der Waals surface area contributed by atoms with Crippen LogP contribution in [0.2, 0.25) is 0 Å². The Hall–Kier alpha value is -6.10. The van der Waals surface area contributed by atoms with Crippen molar-refractivity contribution in [2.45, 2.75) is 75.4 Å². The number of carbonyl (C=O) groups is 2. The summed E-state index contributed by atoms with van der Waals surface area (Å²) in [6.45, 7) is 34.2. The third-order valence-corrected chi connectivity index (χ3v) is 9.50. The topological polar surface area (TPSA) is 134 Å². The molecule has 2 amide bonds. The third kappa shape index (κ3) is 12.2. The summed E-state index contributed by atoms with van der Waals surface area (Å²) in [6.07, 6.45) is 11.0. The van der Waals surface area contributed by atoms with E-state index >= 15 is 0 Å². The summed E-state index contributed by atoms with van der Waals surface area (Å²) < 4.78 is -0.0465. The Bertz CT molecular complexity index is 2310. The van der Waals surface area contributed by atoms with E-state index in [1.807, 2.05) is 78.9 Å². The van der Waals surface area contributed by atoms with Crippen LogP contribution in [0, 0.1) is 5.92 Å². The zero-order valence-electron chi connectivity index (χ0n) is 37.6. The molecule has 2 unspecified atom stereocenters. The molecular formula is C51H68N7O2+. The van der Waals surface area contributed by atoms with Crippen LogP contribution in [0.5, 0.6) is 0 Å². The molecule has 0 saturated carbocycles. The molecule has 9 nitrogen and oxygen atoms in total. The molecule has 1 aliphatic heterocycles. The zero-order chi connectivity index (χ0) is 45.2. The number of hydrogen-bond donors (Lipinski definition) is 6. The normalized spacial score (nSPS) is 16.8. The number of carbonyl (C=O) groups excluding carboxylic acids is 2. The number of rotatable bonds is 11. The van der Waals surface area contributed by atoms with Gasteiger partial charge < -0.3 is 11.1 Å². The molecule has 2 atom stereocenters. The van der Waals surface area contributed by atoms with Gasteiger partial charge >= 0.3 is 0 Å². The first-order valence-electron chi connectivity index (χ1n) is 20.5. The number of allylic oxidation sites excluding steroid dienone is 9. The minimum atomic E-state index is -0.0972. The van der Waals surface area contributed by atoms with E-state index in [1.165, 1.54) is 11.1 Å². The van der Waals surface area contributed by atoms with Gasteiger partial charge in [-0.2, -0.15) is 0 Å². The Morgan fingerprint density at radius 3 is 1.92 bits per heavy atom. The molecular weight excluding hydrogens is 743 g/mol. The van der Waals surface area contributed by atoms with Crippen LogP contribution in [0.4, 0.5) is 5.69 Å². The van der Waals surface area contributed by atoms with Gasteiger partial charge in [0.1, 0.15) is 0 Å². The average molecular weight is 811 g/mol. The Kier molecular flexibility index (Phi) is 20.1. The first-order chi connectivity index (χ1) is 28.7. The fourth-order valence-corrected chi connectivity index (χ4v) is 6.68. The maximum absolute atomic E-state index is 11.0. The first kappa shape index (κ1) is 50.0. The molecule has 0 spiro atoms. The van der Waals surface area contributed by atoms with Gasteiger partial charge in [0, 0.05) is 49.3 Å². The van der Waals surface area contributed by atoms with Crippen molar-refractivity contribution in [2.75, 3.05) is 7.05 Å². The van der Waals surface area contributed by atoms with E-state index < -0.39 is 0 Å². The summed E-state index contributed by atoms with van der Waals surface area (Å²) in [5.41, 5.74) is 27.6. The predicted molar refractivity (Wildman–Crippen MR) is 259 cm³/mol. The maximum Gasteiger partial charge on any atom is 0.246 e. The number of quaternary nitrogens is 1. The van der Waals surface area contributed by atoms with E-state index in [0.29, 0.717) is 25.1 Å². The number of fused-ring (bicyclic) bond motifs is 2. The molecule has 4 aromatic carbocycles. The highest BCUT2D eigenvalue weighted by Gasteiger charge is 2.37. The van der Waals surface area contributed by atoms with E-state index in [2.05, 4.69) is 122 Å². The van der Waals surface area contributed by atoms with Crippen molar-refractivity contribution in [3.8, 4) is 0 Å². The van der Waals surface area contributed by atoms with Crippen LogP contribution in [0.25, 0.3) is 32.8 Å². The van der Waals surface area contributed by atoms with Gasteiger partial charge in [0.25, 0.3) is 0 Å². The van der Waals surface area contributed by atoms with Crippen molar-refractivity contribution in [1.29, 1.82) is 0 Å². The number of hydrazine groups is 1. The van der Waals surface area contributed by atoms with Crippen molar-refractivity contribution < 1.29 is 9.59 Å². The quantitative estimate of drug-likeness (QED) is 0.0103. The predicted octanol–water partition coefficient (Wildman–Crippen LogP) is 10.5. The second kappa shape index (κ2) is 24.1. The zero-order valence-corrected chi connectivity index (χ0v) is 37.6. The molecule has 318 valence electrons. The van der Waals surface area contributed by atoms with Gasteiger partial charge in [-0.3, -0.25) is 15.0 Å². The Morgan fingerprint density at radius 1 is 0.883 bits per heavy atom. The van der Waals surface area contributed by atoms with Crippen LogP contribution in [0.1, 0.15) is 84.6 Å². The Balaban J connectivity index is 0.000000719. The Labute approximate surface area is 359 Å². The van der Waals surface area contributed by atoms with E-state index in [0.717, 1.165) is 71.9 Å². The first-order valence-corrected chi connectivity index (χ1v) is 20.5. The van der Waals surface area contributed by atoms with Crippen molar-refractivity contribution >= 4 is 50.8 Å². The number of hydrogen-bond acceptors (Lipinski definition) is 6. The van der Waals surface area contributed by atoms with Gasteiger partial charge in [-0.05, 0) is 94.3 Å². The van der Waals surface area contributed by atoms with Gasteiger partial charge in [0.05, 0.1) is 0 Å². The van der Waals surface area contributed by atoms with Gasteiger partial charge in [0.15, 0.2) is 17.6 Å². The fraction of sp³-hybridized carbons (Fsp3) is 0.255. The monoisotopic (exact) mass is 811 g/mol. The minimum absolute atomic E-state index is 0.0465. The molecule has 0 radical (unpaired) electrons. The highest BCUT2D eigenvalue weighted by Crippen LogP contribution is 2.40. The highest BCUT2D eigenvalue weighted by atomic mass is 16.1. The van der Waals surface area contributed by atoms with Crippen molar-refractivity contribution in [2.24, 2.45) is 17.5 Å². The molecule has 0 saturated heterocycles. The molecule has 0 aromatic heterocycles. The van der Waals surface area contributed by atoms with Crippen LogP contribution in [0.3, 0.4) is 0 Å². The maximum atomic E-state index is 11.0. The third-order valence-electron chi connectivity index (χ3n) is 9.50. The molecule has 6 rings (SSSR count). The highest BCUT2D eigenvalue weighted by molar-refractivity contribution is 6.06. The molecule has 2 aliphatic rings. The van der Waals surface area contributed by atoms with Crippen LogP contribution >= 0.6 is 0 Å². The van der Waals surface area contributed by atoms with E-state index in [1.54, 1.807) is 14.0 Å². The molecule has 8 N–H and O–H groups in total. The lowest BCUT2D eigenvalue weighted by atomic mass is 9.87. The number of amides is 2. The molecule has 1 heterocycles. The smallest absolute Gasteiger partial charge is 0.246 e.